The van der Waals surface area contributed by atoms with Gasteiger partial charge in [0.25, 0.3) is 0 Å². The molecule has 1 radical (unpaired) electrons. The number of phenolic OH excluding ortho intramolecular Hbond substituents is 1. The van der Waals surface area contributed by atoms with Crippen molar-refractivity contribution < 1.29 is 44.0 Å². The van der Waals surface area contributed by atoms with Crippen LogP contribution < -0.4 is 17.0 Å². The van der Waals surface area contributed by atoms with Crippen LogP contribution in [0.25, 0.3) is 0 Å². The van der Waals surface area contributed by atoms with E-state index in [1.54, 1.807) is 0 Å². The summed E-state index contributed by atoms with van der Waals surface area (Å²) in [6.45, 7) is 16.7. The van der Waals surface area contributed by atoms with E-state index in [4.69, 9.17) is 9.98 Å². The van der Waals surface area contributed by atoms with Gasteiger partial charge in [-0.15, -0.1) is 0 Å². The van der Waals surface area contributed by atoms with Gasteiger partial charge in [-0.25, -0.2) is 0 Å². The van der Waals surface area contributed by atoms with Crippen LogP contribution in [0.1, 0.15) is 84.8 Å². The van der Waals surface area contributed by atoms with Crippen molar-refractivity contribution in [3.05, 3.63) is 64.5 Å². The van der Waals surface area contributed by atoms with E-state index in [9.17, 15) is 10.2 Å². The molecule has 2 atom stereocenters. The van der Waals surface area contributed by atoms with Crippen LogP contribution >= 0.6 is 0 Å². The van der Waals surface area contributed by atoms with Crippen molar-refractivity contribution in [1.82, 2.24) is 0 Å². The van der Waals surface area contributed by atoms with E-state index in [-0.39, 0.29) is 56.7 Å². The molecule has 3 rings (SSSR count). The number of rotatable bonds is 4. The molecule has 1 aromatic carbocycles. The van der Waals surface area contributed by atoms with E-state index in [0.29, 0.717) is 17.9 Å². The Kier molecular flexibility index (Phi) is 11.3. The molecule has 1 saturated carbocycles. The second-order valence-electron chi connectivity index (χ2n) is 11.5. The minimum atomic E-state index is -0.159. The first-order valence-corrected chi connectivity index (χ1v) is 12.1. The number of aliphatic imine (C=N–C) groups is 2. The SMILES string of the molecule is C=C1C=C(C(C)(C)C)C(O)=C(C=N[C@@H]2CCCC[C@H]2N=Cc2cccc(C(C)(C)C)c2O)C1.[Br-].[Co]. The monoisotopic (exact) mass is 586 g/mol. The fourth-order valence-corrected chi connectivity index (χ4v) is 4.58. The maximum absolute atomic E-state index is 10.9. The molecule has 0 saturated heterocycles. The normalized spacial score (nSPS) is 21.7. The van der Waals surface area contributed by atoms with Crippen molar-refractivity contribution in [3.63, 3.8) is 0 Å². The Hall–Kier alpha value is -1.63. The van der Waals surface area contributed by atoms with Gasteiger partial charge in [0.1, 0.15) is 11.5 Å². The molecule has 0 aliphatic heterocycles. The predicted octanol–water partition coefficient (Wildman–Crippen LogP) is 4.24. The summed E-state index contributed by atoms with van der Waals surface area (Å²) >= 11 is 0. The van der Waals surface area contributed by atoms with Crippen molar-refractivity contribution in [2.75, 3.05) is 0 Å². The van der Waals surface area contributed by atoms with Gasteiger partial charge in [0.15, 0.2) is 0 Å². The van der Waals surface area contributed by atoms with Gasteiger partial charge < -0.3 is 27.2 Å². The molecule has 1 fully saturated rings. The number of para-hydroxylation sites is 1. The molecule has 1 aromatic rings. The van der Waals surface area contributed by atoms with Crippen molar-refractivity contribution in [2.24, 2.45) is 15.4 Å². The van der Waals surface area contributed by atoms with Gasteiger partial charge in [-0.1, -0.05) is 84.7 Å². The second-order valence-corrected chi connectivity index (χ2v) is 11.5. The smallest absolute Gasteiger partial charge is 0.128 e. The molecule has 35 heavy (non-hydrogen) atoms. The molecule has 0 bridgehead atoms. The van der Waals surface area contributed by atoms with Gasteiger partial charge in [0.05, 0.1) is 12.1 Å². The number of nitrogens with zero attached hydrogens (tertiary/aromatic N) is 2. The van der Waals surface area contributed by atoms with Gasteiger partial charge in [0.2, 0.25) is 0 Å². The fraction of sp³-hybridized carbons (Fsp3) is 0.517. The van der Waals surface area contributed by atoms with Gasteiger partial charge in [0, 0.05) is 46.8 Å². The van der Waals surface area contributed by atoms with Crippen LogP contribution in [0.15, 0.2) is 63.3 Å². The zero-order valence-electron chi connectivity index (χ0n) is 21.9. The number of phenols is 1. The first-order chi connectivity index (χ1) is 15.4. The van der Waals surface area contributed by atoms with Crippen LogP contribution in [0.5, 0.6) is 5.75 Å². The maximum Gasteiger partial charge on any atom is 0.128 e. The molecular weight excluding hydrogens is 547 g/mol. The third-order valence-corrected chi connectivity index (χ3v) is 6.53. The Morgan fingerprint density at radius 2 is 1.49 bits per heavy atom. The summed E-state index contributed by atoms with van der Waals surface area (Å²) in [6.07, 6.45) is 10.5. The average molecular weight is 587 g/mol. The maximum atomic E-state index is 10.9. The van der Waals surface area contributed by atoms with E-state index in [1.165, 1.54) is 0 Å². The van der Waals surface area contributed by atoms with Crippen LogP contribution in [0.2, 0.25) is 0 Å². The van der Waals surface area contributed by atoms with E-state index in [1.807, 2.05) is 36.7 Å². The van der Waals surface area contributed by atoms with Crippen molar-refractivity contribution in [1.29, 1.82) is 0 Å². The van der Waals surface area contributed by atoms with Crippen LogP contribution in [0.4, 0.5) is 0 Å². The topological polar surface area (TPSA) is 65.2 Å². The average Bonchev–Trinajstić information content (AvgIpc) is 2.72. The predicted molar refractivity (Wildman–Crippen MR) is 140 cm³/mol. The molecular formula is C29H40BrCoN2O2-. The molecule has 0 amide bonds. The Morgan fingerprint density at radius 3 is 2.03 bits per heavy atom. The van der Waals surface area contributed by atoms with Gasteiger partial charge in [-0.05, 0) is 40.9 Å². The number of allylic oxidation sites excluding steroid dienone is 4. The quantitative estimate of drug-likeness (QED) is 0.518. The van der Waals surface area contributed by atoms with Crippen molar-refractivity contribution in [3.8, 4) is 5.75 Å². The Morgan fingerprint density at radius 1 is 0.914 bits per heavy atom. The number of hydrogen-bond donors (Lipinski definition) is 2. The van der Waals surface area contributed by atoms with E-state index >= 15 is 0 Å². The molecule has 0 aromatic heterocycles. The number of benzene rings is 1. The molecule has 195 valence electrons. The summed E-state index contributed by atoms with van der Waals surface area (Å²) < 4.78 is 0. The Balaban J connectivity index is 0.00000306. The Bertz CT molecular complexity index is 1030. The molecule has 0 unspecified atom stereocenters. The Labute approximate surface area is 232 Å². The van der Waals surface area contributed by atoms with Crippen LogP contribution in [0.3, 0.4) is 0 Å². The van der Waals surface area contributed by atoms with Gasteiger partial charge in [-0.3, -0.25) is 9.98 Å². The van der Waals surface area contributed by atoms with E-state index in [0.717, 1.165) is 53.5 Å². The largest absolute Gasteiger partial charge is 1.00 e. The summed E-state index contributed by atoms with van der Waals surface area (Å²) in [4.78, 5) is 9.76. The van der Waals surface area contributed by atoms with Crippen LogP contribution in [0, 0.1) is 5.41 Å². The standard InChI is InChI=1S/C29H40N2O2.BrH.Co/c1-19-15-21(27(33)23(16-19)29(5,6)7)18-31-25-14-9-8-13-24(25)30-17-20-11-10-12-22(26(20)32)28(2,3)4;;/h10-12,16-18,24-25,32-33H,1,8-9,13-15H2,2-7H3;1H;/p-1/t24-,25-;;/m1../s1. The minimum absolute atomic E-state index is 0. The summed E-state index contributed by atoms with van der Waals surface area (Å²) in [6, 6.07) is 5.99. The third-order valence-electron chi connectivity index (χ3n) is 6.53. The van der Waals surface area contributed by atoms with Gasteiger partial charge >= 0.3 is 0 Å². The summed E-state index contributed by atoms with van der Waals surface area (Å²) in [5.74, 6) is 0.639. The first-order valence-electron chi connectivity index (χ1n) is 12.1. The zero-order valence-corrected chi connectivity index (χ0v) is 24.5. The number of halogens is 1. The minimum Gasteiger partial charge on any atom is -1.00 e. The van der Waals surface area contributed by atoms with Crippen LogP contribution in [-0.4, -0.2) is 34.7 Å². The molecule has 2 aliphatic rings. The number of hydrogen-bond acceptors (Lipinski definition) is 4. The summed E-state index contributed by atoms with van der Waals surface area (Å²) in [7, 11) is 0. The molecule has 2 aliphatic carbocycles. The third kappa shape index (κ3) is 7.93. The number of aromatic hydroxyl groups is 1. The molecule has 4 nitrogen and oxygen atoms in total. The fourth-order valence-electron chi connectivity index (χ4n) is 4.58. The molecule has 6 heteroatoms. The summed E-state index contributed by atoms with van der Waals surface area (Å²) in [5, 5.41) is 21.6. The summed E-state index contributed by atoms with van der Waals surface area (Å²) in [5.41, 5.74) is 4.11. The van der Waals surface area contributed by atoms with Crippen molar-refractivity contribution >= 4 is 12.4 Å². The molecule has 2 N–H and O–H groups in total. The van der Waals surface area contributed by atoms with Crippen molar-refractivity contribution in [2.45, 2.75) is 91.1 Å². The van der Waals surface area contributed by atoms with E-state index in [2.05, 4.69) is 48.1 Å². The van der Waals surface area contributed by atoms with Crippen LogP contribution in [-0.2, 0) is 22.2 Å². The zero-order chi connectivity index (χ0) is 24.4. The molecule has 0 spiro atoms. The van der Waals surface area contributed by atoms with Gasteiger partial charge in [-0.2, -0.15) is 0 Å². The number of aliphatic hydroxyl groups is 1. The molecule has 0 heterocycles. The number of aliphatic hydroxyl groups excluding tert-OH is 1. The first kappa shape index (κ1) is 31.4. The van der Waals surface area contributed by atoms with E-state index < -0.39 is 0 Å². The second kappa shape index (κ2) is 12.6.